The first kappa shape index (κ1) is 18.7. The quantitative estimate of drug-likeness (QED) is 0.635. The summed E-state index contributed by atoms with van der Waals surface area (Å²) in [6.07, 6.45) is 3.25. The number of carbonyl (C=O) groups is 2. The number of amides is 2. The molecule has 2 amide bonds. The average Bonchev–Trinajstić information content (AvgIpc) is 3.24. The zero-order valence-electron chi connectivity index (χ0n) is 14.8. The third-order valence-electron chi connectivity index (χ3n) is 3.87. The van der Waals surface area contributed by atoms with Crippen LogP contribution in [0.5, 0.6) is 0 Å². The number of hydrogen-bond acceptors (Lipinski definition) is 5. The van der Waals surface area contributed by atoms with Gasteiger partial charge in [-0.1, -0.05) is 30.0 Å². The number of benzene rings is 1. The number of nitrogens with zero attached hydrogens (tertiary/aromatic N) is 2. The standard InChI is InChI=1S/C20H19N3O3S/c1-23(19(24)14-27-18-10-4-5-11-21-18)17-9-3-2-8-16(17)20(25)22-13-15-7-6-12-26-15/h2-12H,13-14H2,1H3,(H,22,25). The van der Waals surface area contributed by atoms with Gasteiger partial charge in [0.2, 0.25) is 5.91 Å². The van der Waals surface area contributed by atoms with E-state index >= 15 is 0 Å². The Hall–Kier alpha value is -3.06. The molecule has 0 saturated carbocycles. The molecule has 0 aliphatic heterocycles. The van der Waals surface area contributed by atoms with Crippen LogP contribution in [0.2, 0.25) is 0 Å². The van der Waals surface area contributed by atoms with E-state index < -0.39 is 0 Å². The lowest BCUT2D eigenvalue weighted by atomic mass is 10.1. The Morgan fingerprint density at radius 2 is 1.93 bits per heavy atom. The van der Waals surface area contributed by atoms with Gasteiger partial charge < -0.3 is 14.6 Å². The van der Waals surface area contributed by atoms with Crippen molar-refractivity contribution in [1.82, 2.24) is 10.3 Å². The highest BCUT2D eigenvalue weighted by Gasteiger charge is 2.18. The Balaban J connectivity index is 1.66. The highest BCUT2D eigenvalue weighted by atomic mass is 32.2. The highest BCUT2D eigenvalue weighted by Crippen LogP contribution is 2.22. The van der Waals surface area contributed by atoms with Gasteiger partial charge in [-0.2, -0.15) is 0 Å². The van der Waals surface area contributed by atoms with Crippen molar-refractivity contribution < 1.29 is 14.0 Å². The SMILES string of the molecule is CN(C(=O)CSc1ccccn1)c1ccccc1C(=O)NCc1ccco1. The molecule has 3 aromatic rings. The van der Waals surface area contributed by atoms with E-state index in [4.69, 9.17) is 4.42 Å². The van der Waals surface area contributed by atoms with E-state index in [2.05, 4.69) is 10.3 Å². The van der Waals surface area contributed by atoms with Crippen LogP contribution in [-0.4, -0.2) is 29.6 Å². The fraction of sp³-hybridized carbons (Fsp3) is 0.150. The van der Waals surface area contributed by atoms with Crippen molar-refractivity contribution in [3.8, 4) is 0 Å². The van der Waals surface area contributed by atoms with Gasteiger partial charge in [0, 0.05) is 13.2 Å². The van der Waals surface area contributed by atoms with Gasteiger partial charge in [-0.15, -0.1) is 0 Å². The lowest BCUT2D eigenvalue weighted by Gasteiger charge is -2.20. The normalized spacial score (nSPS) is 10.4. The molecule has 0 spiro atoms. The van der Waals surface area contributed by atoms with Crippen molar-refractivity contribution in [2.45, 2.75) is 11.6 Å². The molecule has 0 atom stereocenters. The maximum atomic E-state index is 12.6. The number of pyridine rings is 1. The summed E-state index contributed by atoms with van der Waals surface area (Å²) in [5, 5.41) is 3.59. The summed E-state index contributed by atoms with van der Waals surface area (Å²) < 4.78 is 5.22. The lowest BCUT2D eigenvalue weighted by Crippen LogP contribution is -2.31. The second kappa shape index (κ2) is 9.05. The van der Waals surface area contributed by atoms with Crippen LogP contribution in [0.4, 0.5) is 5.69 Å². The summed E-state index contributed by atoms with van der Waals surface area (Å²) in [6, 6.07) is 16.1. The molecule has 0 unspecified atom stereocenters. The van der Waals surface area contributed by atoms with Crippen molar-refractivity contribution in [3.63, 3.8) is 0 Å². The Morgan fingerprint density at radius 3 is 2.67 bits per heavy atom. The summed E-state index contributed by atoms with van der Waals surface area (Å²) in [6.45, 7) is 0.285. The van der Waals surface area contributed by atoms with Gasteiger partial charge in [-0.25, -0.2) is 4.98 Å². The maximum absolute atomic E-state index is 12.6. The number of nitrogens with one attached hydrogen (secondary N) is 1. The molecular formula is C20H19N3O3S. The van der Waals surface area contributed by atoms with Gasteiger partial charge in [0.15, 0.2) is 0 Å². The van der Waals surface area contributed by atoms with Crippen LogP contribution < -0.4 is 10.2 Å². The number of para-hydroxylation sites is 1. The molecule has 0 radical (unpaired) electrons. The Bertz CT molecular complexity index is 898. The predicted octanol–water partition coefficient (Wildman–Crippen LogP) is 3.36. The first-order chi connectivity index (χ1) is 13.1. The van der Waals surface area contributed by atoms with Gasteiger partial charge in [0.05, 0.1) is 34.8 Å². The van der Waals surface area contributed by atoms with E-state index in [1.54, 1.807) is 55.9 Å². The summed E-state index contributed by atoms with van der Waals surface area (Å²) in [5.41, 5.74) is 0.990. The fourth-order valence-corrected chi connectivity index (χ4v) is 3.21. The molecule has 0 aliphatic carbocycles. The van der Waals surface area contributed by atoms with E-state index in [9.17, 15) is 9.59 Å². The largest absolute Gasteiger partial charge is 0.467 e. The molecule has 0 fully saturated rings. The second-order valence-electron chi connectivity index (χ2n) is 5.69. The van der Waals surface area contributed by atoms with E-state index in [1.807, 2.05) is 18.2 Å². The van der Waals surface area contributed by atoms with Crippen molar-refractivity contribution in [2.24, 2.45) is 0 Å². The molecule has 0 bridgehead atoms. The fourth-order valence-electron chi connectivity index (χ4n) is 2.43. The van der Waals surface area contributed by atoms with Gasteiger partial charge in [-0.3, -0.25) is 9.59 Å². The molecule has 2 aromatic heterocycles. The number of thioether (sulfide) groups is 1. The van der Waals surface area contributed by atoms with Crippen LogP contribution in [0, 0.1) is 0 Å². The highest BCUT2D eigenvalue weighted by molar-refractivity contribution is 7.99. The van der Waals surface area contributed by atoms with Crippen molar-refractivity contribution >= 4 is 29.3 Å². The van der Waals surface area contributed by atoms with Gasteiger partial charge >= 0.3 is 0 Å². The summed E-state index contributed by atoms with van der Waals surface area (Å²) in [4.78, 5) is 30.8. The molecule has 1 aromatic carbocycles. The maximum Gasteiger partial charge on any atom is 0.253 e. The van der Waals surface area contributed by atoms with Gasteiger partial charge in [-0.05, 0) is 36.4 Å². The molecular weight excluding hydrogens is 362 g/mol. The molecule has 1 N–H and O–H groups in total. The third kappa shape index (κ3) is 4.98. The molecule has 138 valence electrons. The number of furan rings is 1. The number of anilines is 1. The Labute approximate surface area is 161 Å². The first-order valence-corrected chi connectivity index (χ1v) is 9.33. The Kier molecular flexibility index (Phi) is 6.27. The molecule has 3 rings (SSSR count). The second-order valence-corrected chi connectivity index (χ2v) is 6.68. The molecule has 0 aliphatic rings. The Morgan fingerprint density at radius 1 is 1.11 bits per heavy atom. The predicted molar refractivity (Wildman–Crippen MR) is 105 cm³/mol. The monoisotopic (exact) mass is 381 g/mol. The van der Waals surface area contributed by atoms with Crippen LogP contribution in [0.3, 0.4) is 0 Å². The lowest BCUT2D eigenvalue weighted by molar-refractivity contribution is -0.115. The van der Waals surface area contributed by atoms with Crippen LogP contribution in [0.25, 0.3) is 0 Å². The summed E-state index contributed by atoms with van der Waals surface area (Å²) in [5.74, 6) is 0.517. The van der Waals surface area contributed by atoms with Crippen molar-refractivity contribution in [3.05, 3.63) is 78.4 Å². The summed E-state index contributed by atoms with van der Waals surface area (Å²) >= 11 is 1.36. The van der Waals surface area contributed by atoms with Crippen LogP contribution in [-0.2, 0) is 11.3 Å². The van der Waals surface area contributed by atoms with Crippen molar-refractivity contribution in [1.29, 1.82) is 0 Å². The number of rotatable bonds is 7. The molecule has 27 heavy (non-hydrogen) atoms. The number of aromatic nitrogens is 1. The van der Waals surface area contributed by atoms with E-state index in [0.717, 1.165) is 5.03 Å². The molecule has 7 heteroatoms. The smallest absolute Gasteiger partial charge is 0.253 e. The molecule has 0 saturated heterocycles. The number of hydrogen-bond donors (Lipinski definition) is 1. The van der Waals surface area contributed by atoms with Crippen LogP contribution >= 0.6 is 11.8 Å². The van der Waals surface area contributed by atoms with Crippen molar-refractivity contribution in [2.75, 3.05) is 17.7 Å². The average molecular weight is 381 g/mol. The minimum atomic E-state index is -0.265. The topological polar surface area (TPSA) is 75.4 Å². The zero-order chi connectivity index (χ0) is 19.1. The van der Waals surface area contributed by atoms with E-state index in [1.165, 1.54) is 16.7 Å². The first-order valence-electron chi connectivity index (χ1n) is 8.35. The zero-order valence-corrected chi connectivity index (χ0v) is 15.6. The van der Waals surface area contributed by atoms with Gasteiger partial charge in [0.1, 0.15) is 5.76 Å². The van der Waals surface area contributed by atoms with Crippen LogP contribution in [0.15, 0.2) is 76.5 Å². The number of carbonyl (C=O) groups excluding carboxylic acids is 2. The minimum Gasteiger partial charge on any atom is -0.467 e. The molecule has 6 nitrogen and oxygen atoms in total. The van der Waals surface area contributed by atoms with Crippen LogP contribution in [0.1, 0.15) is 16.1 Å². The third-order valence-corrected chi connectivity index (χ3v) is 4.80. The van der Waals surface area contributed by atoms with E-state index in [0.29, 0.717) is 17.0 Å². The molecule has 2 heterocycles. The minimum absolute atomic E-state index is 0.114. The van der Waals surface area contributed by atoms with Gasteiger partial charge in [0.25, 0.3) is 5.91 Å². The summed E-state index contributed by atoms with van der Waals surface area (Å²) in [7, 11) is 1.67. The van der Waals surface area contributed by atoms with E-state index in [-0.39, 0.29) is 24.1 Å².